The van der Waals surface area contributed by atoms with Gasteiger partial charge in [0.05, 0.1) is 22.7 Å². The van der Waals surface area contributed by atoms with Crippen molar-refractivity contribution in [2.24, 2.45) is 0 Å². The molecule has 0 aromatic heterocycles. The van der Waals surface area contributed by atoms with Crippen LogP contribution >= 0.6 is 51.5 Å². The molecule has 1 heterocycles. The third-order valence-electron chi connectivity index (χ3n) is 4.38. The van der Waals surface area contributed by atoms with Crippen molar-refractivity contribution in [1.29, 1.82) is 0 Å². The largest absolute Gasteiger partial charge is 0.496 e. The maximum Gasteiger partial charge on any atom is 0.270 e. The van der Waals surface area contributed by atoms with Crippen LogP contribution in [-0.4, -0.2) is 17.3 Å². The van der Waals surface area contributed by atoms with Gasteiger partial charge in [-0.05, 0) is 57.0 Å². The maximum absolute atomic E-state index is 13.1. The molecule has 0 bridgehead atoms. The average molecular weight is 491 g/mol. The summed E-state index contributed by atoms with van der Waals surface area (Å²) >= 11 is 16.3. The number of benzene rings is 3. The van der Waals surface area contributed by atoms with Crippen molar-refractivity contribution in [3.63, 3.8) is 0 Å². The van der Waals surface area contributed by atoms with E-state index in [0.717, 1.165) is 20.8 Å². The van der Waals surface area contributed by atoms with Gasteiger partial charge in [-0.3, -0.25) is 9.69 Å². The highest BCUT2D eigenvalue weighted by Crippen LogP contribution is 2.40. The summed E-state index contributed by atoms with van der Waals surface area (Å²) in [5.74, 6) is 0.527. The number of halogens is 2. The number of hydrogen-bond acceptors (Lipinski definition) is 4. The number of ether oxygens (including phenoxy) is 1. The molecular weight excluding hydrogens is 478 g/mol. The second-order valence-electron chi connectivity index (χ2n) is 6.02. The van der Waals surface area contributed by atoms with Crippen LogP contribution in [0.15, 0.2) is 64.0 Å². The monoisotopic (exact) mass is 489 g/mol. The minimum absolute atomic E-state index is 0.177. The topological polar surface area (TPSA) is 29.5 Å². The Kier molecular flexibility index (Phi) is 5.47. The van der Waals surface area contributed by atoms with E-state index in [4.69, 9.17) is 28.6 Å². The number of methoxy groups -OCH3 is 1. The number of carbonyl (C=O) groups excluding carboxylic acids is 1. The molecule has 0 atom stereocenters. The van der Waals surface area contributed by atoms with Crippen molar-refractivity contribution in [3.05, 3.63) is 74.6 Å². The van der Waals surface area contributed by atoms with Gasteiger partial charge in [-0.25, -0.2) is 0 Å². The van der Waals surface area contributed by atoms with Crippen molar-refractivity contribution >= 4 is 84.3 Å². The van der Waals surface area contributed by atoms with Crippen LogP contribution < -0.4 is 9.64 Å². The molecule has 3 aromatic rings. The van der Waals surface area contributed by atoms with E-state index in [1.807, 2.05) is 48.5 Å². The molecule has 140 valence electrons. The zero-order valence-corrected chi connectivity index (χ0v) is 18.6. The van der Waals surface area contributed by atoms with Crippen molar-refractivity contribution in [1.82, 2.24) is 0 Å². The van der Waals surface area contributed by atoms with Gasteiger partial charge in [0, 0.05) is 10.0 Å². The molecule has 0 N–H and O–H groups in total. The van der Waals surface area contributed by atoms with Gasteiger partial charge in [-0.1, -0.05) is 65.9 Å². The first-order chi connectivity index (χ1) is 13.5. The van der Waals surface area contributed by atoms with E-state index in [-0.39, 0.29) is 5.91 Å². The molecular formula is C21H13BrClNO2S2. The van der Waals surface area contributed by atoms with E-state index in [2.05, 4.69) is 15.9 Å². The summed E-state index contributed by atoms with van der Waals surface area (Å²) in [4.78, 5) is 15.1. The summed E-state index contributed by atoms with van der Waals surface area (Å²) in [6.07, 6.45) is 1.85. The summed E-state index contributed by atoms with van der Waals surface area (Å²) in [6.45, 7) is 0. The van der Waals surface area contributed by atoms with Crippen LogP contribution in [0.4, 0.5) is 5.69 Å². The van der Waals surface area contributed by atoms with Crippen molar-refractivity contribution in [2.75, 3.05) is 12.0 Å². The molecule has 0 radical (unpaired) electrons. The van der Waals surface area contributed by atoms with Crippen LogP contribution in [0.25, 0.3) is 16.8 Å². The Morgan fingerprint density at radius 3 is 2.71 bits per heavy atom. The van der Waals surface area contributed by atoms with Crippen LogP contribution in [-0.2, 0) is 4.79 Å². The number of thiocarbonyl (C=S) groups is 1. The van der Waals surface area contributed by atoms with Crippen LogP contribution in [0.5, 0.6) is 5.75 Å². The number of hydrogen-bond donors (Lipinski definition) is 0. The molecule has 1 saturated heterocycles. The highest BCUT2D eigenvalue weighted by Gasteiger charge is 2.34. The molecule has 0 spiro atoms. The lowest BCUT2D eigenvalue weighted by atomic mass is 10.0. The van der Waals surface area contributed by atoms with Gasteiger partial charge in [-0.2, -0.15) is 0 Å². The number of fused-ring (bicyclic) bond motifs is 1. The summed E-state index contributed by atoms with van der Waals surface area (Å²) in [5, 5.41) is 2.61. The lowest BCUT2D eigenvalue weighted by molar-refractivity contribution is -0.113. The highest BCUT2D eigenvalue weighted by atomic mass is 79.9. The van der Waals surface area contributed by atoms with Crippen molar-refractivity contribution in [3.8, 4) is 5.75 Å². The van der Waals surface area contributed by atoms with Crippen molar-refractivity contribution in [2.45, 2.75) is 0 Å². The predicted molar refractivity (Wildman–Crippen MR) is 125 cm³/mol. The fourth-order valence-corrected chi connectivity index (χ4v) is 4.75. The van der Waals surface area contributed by atoms with Crippen LogP contribution in [0, 0.1) is 0 Å². The van der Waals surface area contributed by atoms with E-state index >= 15 is 0 Å². The fourth-order valence-electron chi connectivity index (χ4n) is 3.05. The quantitative estimate of drug-likeness (QED) is 0.303. The second kappa shape index (κ2) is 7.87. The van der Waals surface area contributed by atoms with E-state index in [9.17, 15) is 4.79 Å². The standard InChI is InChI=1S/C21H13BrClNO2S2/c1-26-18-9-6-12-4-2-3-5-14(12)15(18)11-19-20(25)24(21(27)28-19)13-7-8-16(22)17(23)10-13/h2-11H,1H3/b19-11+. The maximum atomic E-state index is 13.1. The SMILES string of the molecule is COc1ccc2ccccc2c1/C=C1/SC(=S)N(c2ccc(Br)c(Cl)c2)C1=O. The Morgan fingerprint density at radius 2 is 1.96 bits per heavy atom. The zero-order chi connectivity index (χ0) is 19.8. The van der Waals surface area contributed by atoms with E-state index in [1.165, 1.54) is 16.7 Å². The number of nitrogens with zero attached hydrogens (tertiary/aromatic N) is 1. The van der Waals surface area contributed by atoms with E-state index in [0.29, 0.717) is 25.7 Å². The first kappa shape index (κ1) is 19.5. The third kappa shape index (κ3) is 3.46. The Balaban J connectivity index is 1.80. The molecule has 1 fully saturated rings. The molecule has 0 unspecified atom stereocenters. The lowest BCUT2D eigenvalue weighted by Crippen LogP contribution is -2.27. The molecule has 4 rings (SSSR count). The highest BCUT2D eigenvalue weighted by molar-refractivity contribution is 9.10. The van der Waals surface area contributed by atoms with Gasteiger partial charge < -0.3 is 4.74 Å². The molecule has 28 heavy (non-hydrogen) atoms. The molecule has 0 aliphatic carbocycles. The zero-order valence-electron chi connectivity index (χ0n) is 14.6. The van der Waals surface area contributed by atoms with Crippen molar-refractivity contribution < 1.29 is 9.53 Å². The number of anilines is 1. The minimum Gasteiger partial charge on any atom is -0.496 e. The summed E-state index contributed by atoms with van der Waals surface area (Å²) in [7, 11) is 1.62. The number of thioether (sulfide) groups is 1. The Labute approximate surface area is 185 Å². The predicted octanol–water partition coefficient (Wildman–Crippen LogP) is 6.67. The molecule has 1 amide bonds. The van der Waals surface area contributed by atoms with E-state index < -0.39 is 0 Å². The fraction of sp³-hybridized carbons (Fsp3) is 0.0476. The Hall–Kier alpha value is -1.86. The van der Waals surface area contributed by atoms with Gasteiger partial charge in [0.15, 0.2) is 4.32 Å². The lowest BCUT2D eigenvalue weighted by Gasteiger charge is -2.15. The molecule has 7 heteroatoms. The Bertz CT molecular complexity index is 1160. The average Bonchev–Trinajstić information content (AvgIpc) is 2.97. The van der Waals surface area contributed by atoms with Crippen LogP contribution in [0.2, 0.25) is 5.02 Å². The first-order valence-electron chi connectivity index (χ1n) is 8.28. The first-order valence-corrected chi connectivity index (χ1v) is 10.7. The Morgan fingerprint density at radius 1 is 1.18 bits per heavy atom. The summed E-state index contributed by atoms with van der Waals surface area (Å²) in [5.41, 5.74) is 1.50. The van der Waals surface area contributed by atoms with Gasteiger partial charge in [-0.15, -0.1) is 0 Å². The molecule has 1 aliphatic rings. The summed E-state index contributed by atoms with van der Waals surface area (Å²) in [6, 6.07) is 17.2. The molecule has 1 aliphatic heterocycles. The van der Waals surface area contributed by atoms with Crippen LogP contribution in [0.1, 0.15) is 5.56 Å². The number of carbonyl (C=O) groups is 1. The van der Waals surface area contributed by atoms with Gasteiger partial charge in [0.25, 0.3) is 5.91 Å². The molecule has 3 nitrogen and oxygen atoms in total. The van der Waals surface area contributed by atoms with Gasteiger partial charge >= 0.3 is 0 Å². The number of amides is 1. The minimum atomic E-state index is -0.177. The molecule has 0 saturated carbocycles. The smallest absolute Gasteiger partial charge is 0.270 e. The summed E-state index contributed by atoms with van der Waals surface area (Å²) < 4.78 is 6.76. The van der Waals surface area contributed by atoms with Gasteiger partial charge in [0.1, 0.15) is 5.75 Å². The van der Waals surface area contributed by atoms with E-state index in [1.54, 1.807) is 19.2 Å². The second-order valence-corrected chi connectivity index (χ2v) is 8.96. The third-order valence-corrected chi connectivity index (χ3v) is 6.92. The normalized spacial score (nSPS) is 15.7. The van der Waals surface area contributed by atoms with Gasteiger partial charge in [0.2, 0.25) is 0 Å². The molecule has 3 aromatic carbocycles. The number of rotatable bonds is 3. The van der Waals surface area contributed by atoms with Crippen LogP contribution in [0.3, 0.4) is 0 Å².